The van der Waals surface area contributed by atoms with Crippen LogP contribution in [-0.2, 0) is 11.3 Å². The fourth-order valence-electron chi connectivity index (χ4n) is 4.22. The van der Waals surface area contributed by atoms with Gasteiger partial charge in [-0.15, -0.1) is 5.10 Å². The van der Waals surface area contributed by atoms with E-state index in [2.05, 4.69) is 20.4 Å². The quantitative estimate of drug-likeness (QED) is 0.465. The van der Waals surface area contributed by atoms with Gasteiger partial charge in [0, 0.05) is 37.2 Å². The number of aryl methyl sites for hydroxylation is 1. The first kappa shape index (κ1) is 25.8. The first-order chi connectivity index (χ1) is 17.1. The number of halogens is 1. The molecule has 3 aromatic rings. The van der Waals surface area contributed by atoms with Crippen molar-refractivity contribution in [3.8, 4) is 11.5 Å². The van der Waals surface area contributed by atoms with E-state index in [0.717, 1.165) is 24.2 Å². The molecule has 2 aromatic heterocycles. The highest BCUT2D eigenvalue weighted by atomic mass is 35.5. The monoisotopic (exact) mass is 516 g/mol. The van der Waals surface area contributed by atoms with Gasteiger partial charge in [0.1, 0.15) is 17.1 Å². The number of amides is 1. The minimum absolute atomic E-state index is 0.0238. The van der Waals surface area contributed by atoms with Crippen molar-refractivity contribution in [2.24, 2.45) is 0 Å². The van der Waals surface area contributed by atoms with Gasteiger partial charge >= 0.3 is 6.09 Å². The molecule has 1 saturated heterocycles. The third kappa shape index (κ3) is 5.59. The standard InChI is InChI=1S/C25H33ClN6O4/c1-15-20(27-13-16-9-10-18(34-5)12-19(16)35-6)21(26)32-23(28-15)29-22(30-32)17-8-7-11-31(14-17)24(33)36-25(2,3)4/h9-10,12,17,27H,7-8,11,13-14H2,1-6H3. The van der Waals surface area contributed by atoms with E-state index in [0.29, 0.717) is 53.5 Å². The van der Waals surface area contributed by atoms with E-state index in [4.69, 9.17) is 25.8 Å². The lowest BCUT2D eigenvalue weighted by molar-refractivity contribution is 0.0196. The molecule has 0 bridgehead atoms. The van der Waals surface area contributed by atoms with Gasteiger partial charge < -0.3 is 24.4 Å². The van der Waals surface area contributed by atoms with E-state index in [-0.39, 0.29) is 12.0 Å². The number of rotatable bonds is 6. The van der Waals surface area contributed by atoms with Crippen molar-refractivity contribution in [3.63, 3.8) is 0 Å². The molecule has 1 fully saturated rings. The molecule has 194 valence electrons. The zero-order chi connectivity index (χ0) is 26.0. The van der Waals surface area contributed by atoms with Crippen molar-refractivity contribution in [1.29, 1.82) is 0 Å². The average Bonchev–Trinajstić information content (AvgIpc) is 3.27. The van der Waals surface area contributed by atoms with Crippen LogP contribution < -0.4 is 14.8 Å². The third-order valence-corrected chi connectivity index (χ3v) is 6.37. The van der Waals surface area contributed by atoms with Crippen molar-refractivity contribution in [2.45, 2.75) is 58.6 Å². The number of hydrogen-bond donors (Lipinski definition) is 1. The largest absolute Gasteiger partial charge is 0.497 e. The molecule has 10 nitrogen and oxygen atoms in total. The second-order valence-electron chi connectivity index (χ2n) is 9.84. The molecule has 1 unspecified atom stereocenters. The number of carbonyl (C=O) groups excluding carboxylic acids is 1. The number of ether oxygens (including phenoxy) is 3. The summed E-state index contributed by atoms with van der Waals surface area (Å²) in [6.07, 6.45) is 1.40. The Balaban J connectivity index is 1.54. The van der Waals surface area contributed by atoms with E-state index in [9.17, 15) is 4.79 Å². The second kappa shape index (κ2) is 10.4. The van der Waals surface area contributed by atoms with E-state index >= 15 is 0 Å². The van der Waals surface area contributed by atoms with Crippen LogP contribution in [0.3, 0.4) is 0 Å². The Morgan fingerprint density at radius 1 is 1.22 bits per heavy atom. The molecule has 1 aliphatic rings. The number of nitrogens with zero attached hydrogens (tertiary/aromatic N) is 5. The van der Waals surface area contributed by atoms with Gasteiger partial charge in [-0.05, 0) is 52.7 Å². The predicted molar refractivity (Wildman–Crippen MR) is 137 cm³/mol. The van der Waals surface area contributed by atoms with Crippen molar-refractivity contribution >= 4 is 29.2 Å². The molecule has 1 aliphatic heterocycles. The second-order valence-corrected chi connectivity index (χ2v) is 10.2. The topological polar surface area (TPSA) is 103 Å². The maximum absolute atomic E-state index is 12.6. The van der Waals surface area contributed by atoms with Gasteiger partial charge in [-0.2, -0.15) is 9.50 Å². The van der Waals surface area contributed by atoms with Gasteiger partial charge in [0.05, 0.1) is 25.6 Å². The smallest absolute Gasteiger partial charge is 0.410 e. The van der Waals surface area contributed by atoms with Gasteiger partial charge in [0.2, 0.25) is 0 Å². The number of methoxy groups -OCH3 is 2. The van der Waals surface area contributed by atoms with Gasteiger partial charge in [-0.25, -0.2) is 9.78 Å². The SMILES string of the molecule is COc1ccc(CNc2c(C)nc3nc(C4CCCN(C(=O)OC(C)(C)C)C4)nn3c2Cl)c(OC)c1. The van der Waals surface area contributed by atoms with Crippen LogP contribution in [0.4, 0.5) is 10.5 Å². The predicted octanol–water partition coefficient (Wildman–Crippen LogP) is 4.83. The molecule has 0 spiro atoms. The first-order valence-corrected chi connectivity index (χ1v) is 12.3. The molecule has 1 aromatic carbocycles. The number of aromatic nitrogens is 4. The summed E-state index contributed by atoms with van der Waals surface area (Å²) in [5.41, 5.74) is 1.77. The Morgan fingerprint density at radius 2 is 2.00 bits per heavy atom. The first-order valence-electron chi connectivity index (χ1n) is 11.9. The number of anilines is 1. The van der Waals surface area contributed by atoms with Gasteiger partial charge in [-0.1, -0.05) is 11.6 Å². The zero-order valence-corrected chi connectivity index (χ0v) is 22.3. The molecule has 0 radical (unpaired) electrons. The Morgan fingerprint density at radius 3 is 2.69 bits per heavy atom. The van der Waals surface area contributed by atoms with Crippen LogP contribution in [0.5, 0.6) is 11.5 Å². The van der Waals surface area contributed by atoms with Crippen LogP contribution in [0.25, 0.3) is 5.78 Å². The summed E-state index contributed by atoms with van der Waals surface area (Å²) >= 11 is 6.76. The minimum atomic E-state index is -0.542. The molecule has 1 amide bonds. The number of hydrogen-bond acceptors (Lipinski definition) is 8. The Labute approximate surface area is 215 Å². The van der Waals surface area contributed by atoms with E-state index in [1.807, 2.05) is 45.9 Å². The maximum Gasteiger partial charge on any atom is 0.410 e. The molecule has 0 aliphatic carbocycles. The summed E-state index contributed by atoms with van der Waals surface area (Å²) in [5, 5.41) is 8.42. The Hall–Kier alpha value is -3.27. The van der Waals surface area contributed by atoms with Crippen molar-refractivity contribution < 1.29 is 19.0 Å². The molecule has 3 heterocycles. The lowest BCUT2D eigenvalue weighted by Gasteiger charge is -2.33. The number of fused-ring (bicyclic) bond motifs is 1. The summed E-state index contributed by atoms with van der Waals surface area (Å²) in [6, 6.07) is 5.65. The number of likely N-dealkylation sites (tertiary alicyclic amines) is 1. The highest BCUT2D eigenvalue weighted by Crippen LogP contribution is 2.31. The molecular weight excluding hydrogens is 484 g/mol. The molecular formula is C25H33ClN6O4. The molecule has 1 atom stereocenters. The Bertz CT molecular complexity index is 1260. The fraction of sp³-hybridized carbons (Fsp3) is 0.520. The van der Waals surface area contributed by atoms with E-state index in [1.54, 1.807) is 23.6 Å². The van der Waals surface area contributed by atoms with Crippen molar-refractivity contribution in [3.05, 3.63) is 40.4 Å². The van der Waals surface area contributed by atoms with Gasteiger partial charge in [0.15, 0.2) is 11.0 Å². The summed E-state index contributed by atoms with van der Waals surface area (Å²) in [6.45, 7) is 9.08. The zero-order valence-electron chi connectivity index (χ0n) is 21.6. The lowest BCUT2D eigenvalue weighted by atomic mass is 9.98. The average molecular weight is 517 g/mol. The Kier molecular flexibility index (Phi) is 7.44. The minimum Gasteiger partial charge on any atom is -0.497 e. The summed E-state index contributed by atoms with van der Waals surface area (Å²) < 4.78 is 17.9. The highest BCUT2D eigenvalue weighted by molar-refractivity contribution is 6.32. The molecule has 0 saturated carbocycles. The number of carbonyl (C=O) groups is 1. The van der Waals surface area contributed by atoms with Crippen LogP contribution in [0.2, 0.25) is 5.15 Å². The van der Waals surface area contributed by atoms with E-state index in [1.165, 1.54) is 0 Å². The number of piperidine rings is 1. The summed E-state index contributed by atoms with van der Waals surface area (Å²) in [4.78, 5) is 23.6. The normalized spacial score (nSPS) is 16.2. The molecule has 11 heteroatoms. The molecule has 36 heavy (non-hydrogen) atoms. The van der Waals surface area contributed by atoms with Gasteiger partial charge in [-0.3, -0.25) is 0 Å². The third-order valence-electron chi connectivity index (χ3n) is 6.02. The molecule has 1 N–H and O–H groups in total. The van der Waals surface area contributed by atoms with Crippen molar-refractivity contribution in [1.82, 2.24) is 24.5 Å². The van der Waals surface area contributed by atoms with Gasteiger partial charge in [0.25, 0.3) is 5.78 Å². The van der Waals surface area contributed by atoms with Crippen LogP contribution in [0.1, 0.15) is 56.6 Å². The van der Waals surface area contributed by atoms with Crippen LogP contribution in [0, 0.1) is 6.92 Å². The highest BCUT2D eigenvalue weighted by Gasteiger charge is 2.31. The van der Waals surface area contributed by atoms with E-state index < -0.39 is 5.60 Å². The summed E-state index contributed by atoms with van der Waals surface area (Å²) in [5.74, 6) is 2.44. The van der Waals surface area contributed by atoms with Crippen molar-refractivity contribution in [2.75, 3.05) is 32.6 Å². The maximum atomic E-state index is 12.6. The summed E-state index contributed by atoms with van der Waals surface area (Å²) in [7, 11) is 3.24. The van der Waals surface area contributed by atoms with Crippen LogP contribution in [-0.4, -0.2) is 63.5 Å². The number of nitrogens with one attached hydrogen (secondary N) is 1. The lowest BCUT2D eigenvalue weighted by Crippen LogP contribution is -2.42. The fourth-order valence-corrected chi connectivity index (χ4v) is 4.54. The van der Waals surface area contributed by atoms with Crippen LogP contribution >= 0.6 is 11.6 Å². The molecule has 4 rings (SSSR count). The number of benzene rings is 1. The van der Waals surface area contributed by atoms with Crippen LogP contribution in [0.15, 0.2) is 18.2 Å².